The molecule has 0 spiro atoms. The number of thioether (sulfide) groups is 1. The SMILES string of the molecule is COC(=O)Sc1ccc(OC)cc1. The van der Waals surface area contributed by atoms with Crippen molar-refractivity contribution in [3.05, 3.63) is 24.3 Å². The summed E-state index contributed by atoms with van der Waals surface area (Å²) in [6.45, 7) is 0. The molecule has 1 aromatic rings. The first-order valence-corrected chi connectivity index (χ1v) is 4.47. The summed E-state index contributed by atoms with van der Waals surface area (Å²) in [6.07, 6.45) is 0. The lowest BCUT2D eigenvalue weighted by molar-refractivity contribution is 0.200. The molecule has 0 aliphatic heterocycles. The third kappa shape index (κ3) is 2.99. The first-order chi connectivity index (χ1) is 6.26. The number of hydrogen-bond acceptors (Lipinski definition) is 4. The molecular formula is C9H10O3S. The maximum Gasteiger partial charge on any atom is 0.371 e. The van der Waals surface area contributed by atoms with Gasteiger partial charge in [-0.05, 0) is 36.0 Å². The molecule has 70 valence electrons. The van der Waals surface area contributed by atoms with E-state index in [1.807, 2.05) is 0 Å². The molecule has 1 aromatic carbocycles. The van der Waals surface area contributed by atoms with Crippen LogP contribution in [0.2, 0.25) is 0 Å². The highest BCUT2D eigenvalue weighted by molar-refractivity contribution is 8.13. The summed E-state index contributed by atoms with van der Waals surface area (Å²) in [5.41, 5.74) is 0. The van der Waals surface area contributed by atoms with E-state index in [0.717, 1.165) is 22.4 Å². The molecule has 0 unspecified atom stereocenters. The highest BCUT2D eigenvalue weighted by atomic mass is 32.2. The zero-order valence-electron chi connectivity index (χ0n) is 7.44. The number of methoxy groups -OCH3 is 2. The summed E-state index contributed by atoms with van der Waals surface area (Å²) in [5, 5.41) is -0.315. The number of rotatable bonds is 2. The van der Waals surface area contributed by atoms with Crippen LogP contribution < -0.4 is 4.74 Å². The van der Waals surface area contributed by atoms with E-state index in [1.165, 1.54) is 7.11 Å². The van der Waals surface area contributed by atoms with Crippen molar-refractivity contribution in [2.75, 3.05) is 14.2 Å². The van der Waals surface area contributed by atoms with Gasteiger partial charge >= 0.3 is 5.30 Å². The Balaban J connectivity index is 2.64. The van der Waals surface area contributed by atoms with Crippen molar-refractivity contribution in [3.63, 3.8) is 0 Å². The maximum absolute atomic E-state index is 10.8. The Morgan fingerprint density at radius 1 is 1.23 bits per heavy atom. The van der Waals surface area contributed by atoms with Gasteiger partial charge in [0.15, 0.2) is 0 Å². The number of benzene rings is 1. The third-order valence-corrected chi connectivity index (χ3v) is 2.27. The summed E-state index contributed by atoms with van der Waals surface area (Å²) in [5.74, 6) is 0.772. The lowest BCUT2D eigenvalue weighted by atomic mass is 10.3. The predicted molar refractivity (Wildman–Crippen MR) is 51.3 cm³/mol. The monoisotopic (exact) mass is 198 g/mol. The topological polar surface area (TPSA) is 35.5 Å². The smallest absolute Gasteiger partial charge is 0.371 e. The number of hydrogen-bond donors (Lipinski definition) is 0. The summed E-state index contributed by atoms with van der Waals surface area (Å²) in [7, 11) is 2.96. The number of carbonyl (C=O) groups is 1. The maximum atomic E-state index is 10.8. The van der Waals surface area contributed by atoms with Gasteiger partial charge in [-0.1, -0.05) is 0 Å². The summed E-state index contributed by atoms with van der Waals surface area (Å²) < 4.78 is 9.48. The van der Waals surface area contributed by atoms with Gasteiger partial charge in [0.1, 0.15) is 5.75 Å². The first kappa shape index (κ1) is 9.92. The van der Waals surface area contributed by atoms with E-state index in [4.69, 9.17) is 4.74 Å². The largest absolute Gasteiger partial charge is 0.497 e. The molecule has 0 aromatic heterocycles. The lowest BCUT2D eigenvalue weighted by Gasteiger charge is -2.01. The van der Waals surface area contributed by atoms with Gasteiger partial charge in [0.05, 0.1) is 14.2 Å². The minimum atomic E-state index is -0.315. The fourth-order valence-corrected chi connectivity index (χ4v) is 1.33. The third-order valence-electron chi connectivity index (χ3n) is 1.43. The molecule has 0 saturated carbocycles. The Labute approximate surface area is 81.0 Å². The van der Waals surface area contributed by atoms with E-state index in [0.29, 0.717) is 0 Å². The summed E-state index contributed by atoms with van der Waals surface area (Å²) in [6, 6.07) is 7.21. The van der Waals surface area contributed by atoms with Crippen LogP contribution in [-0.4, -0.2) is 19.5 Å². The summed E-state index contributed by atoms with van der Waals surface area (Å²) >= 11 is 1.05. The zero-order chi connectivity index (χ0) is 9.68. The van der Waals surface area contributed by atoms with E-state index in [-0.39, 0.29) is 5.30 Å². The van der Waals surface area contributed by atoms with Gasteiger partial charge < -0.3 is 9.47 Å². The fraction of sp³-hybridized carbons (Fsp3) is 0.222. The lowest BCUT2D eigenvalue weighted by Crippen LogP contribution is -1.90. The molecule has 0 saturated heterocycles. The van der Waals surface area contributed by atoms with Crippen LogP contribution in [0, 0.1) is 0 Å². The molecule has 3 nitrogen and oxygen atoms in total. The second-order valence-corrected chi connectivity index (χ2v) is 3.24. The van der Waals surface area contributed by atoms with Gasteiger partial charge in [-0.15, -0.1) is 0 Å². The molecular weight excluding hydrogens is 188 g/mol. The van der Waals surface area contributed by atoms with Crippen molar-refractivity contribution in [3.8, 4) is 5.75 Å². The molecule has 13 heavy (non-hydrogen) atoms. The molecule has 0 aliphatic rings. The second kappa shape index (κ2) is 4.77. The van der Waals surface area contributed by atoms with E-state index in [1.54, 1.807) is 31.4 Å². The van der Waals surface area contributed by atoms with E-state index in [2.05, 4.69) is 4.74 Å². The van der Waals surface area contributed by atoms with Gasteiger partial charge in [-0.3, -0.25) is 0 Å². The van der Waals surface area contributed by atoms with Crippen LogP contribution in [0.4, 0.5) is 4.79 Å². The van der Waals surface area contributed by atoms with Crippen LogP contribution in [0.3, 0.4) is 0 Å². The predicted octanol–water partition coefficient (Wildman–Crippen LogP) is 2.55. The molecule has 0 fully saturated rings. The zero-order valence-corrected chi connectivity index (χ0v) is 8.26. The molecule has 0 heterocycles. The van der Waals surface area contributed by atoms with Crippen LogP contribution in [0.15, 0.2) is 29.2 Å². The first-order valence-electron chi connectivity index (χ1n) is 3.66. The van der Waals surface area contributed by atoms with Crippen LogP contribution in [-0.2, 0) is 4.74 Å². The Hall–Kier alpha value is -1.16. The number of ether oxygens (including phenoxy) is 2. The van der Waals surface area contributed by atoms with Gasteiger partial charge in [0.2, 0.25) is 0 Å². The average molecular weight is 198 g/mol. The molecule has 0 amide bonds. The van der Waals surface area contributed by atoms with Crippen molar-refractivity contribution in [1.82, 2.24) is 0 Å². The standard InChI is InChI=1S/C9H10O3S/c1-11-7-3-5-8(6-4-7)13-9(10)12-2/h3-6H,1-2H3. The van der Waals surface area contributed by atoms with Crippen molar-refractivity contribution in [1.29, 1.82) is 0 Å². The molecule has 0 bridgehead atoms. The quantitative estimate of drug-likeness (QED) is 0.540. The van der Waals surface area contributed by atoms with Gasteiger partial charge in [-0.25, -0.2) is 4.79 Å². The van der Waals surface area contributed by atoms with Crippen LogP contribution >= 0.6 is 11.8 Å². The second-order valence-electron chi connectivity index (χ2n) is 2.23. The molecule has 4 heteroatoms. The normalized spacial score (nSPS) is 9.38. The molecule has 0 radical (unpaired) electrons. The highest BCUT2D eigenvalue weighted by Crippen LogP contribution is 2.22. The van der Waals surface area contributed by atoms with Crippen molar-refractivity contribution in [2.24, 2.45) is 0 Å². The Bertz CT molecular complexity index is 281. The van der Waals surface area contributed by atoms with Crippen LogP contribution in [0.1, 0.15) is 0 Å². The van der Waals surface area contributed by atoms with Crippen LogP contribution in [0.25, 0.3) is 0 Å². The van der Waals surface area contributed by atoms with Gasteiger partial charge in [0.25, 0.3) is 0 Å². The minimum absolute atomic E-state index is 0.315. The molecule has 0 N–H and O–H groups in total. The minimum Gasteiger partial charge on any atom is -0.497 e. The summed E-state index contributed by atoms with van der Waals surface area (Å²) in [4.78, 5) is 11.7. The molecule has 1 rings (SSSR count). The average Bonchev–Trinajstić information content (AvgIpc) is 2.19. The van der Waals surface area contributed by atoms with Crippen molar-refractivity contribution < 1.29 is 14.3 Å². The van der Waals surface area contributed by atoms with Gasteiger partial charge in [-0.2, -0.15) is 0 Å². The highest BCUT2D eigenvalue weighted by Gasteiger charge is 2.02. The Morgan fingerprint density at radius 3 is 2.31 bits per heavy atom. The fourth-order valence-electron chi connectivity index (χ4n) is 0.782. The molecule has 0 aliphatic carbocycles. The molecule has 0 atom stereocenters. The Kier molecular flexibility index (Phi) is 3.64. The van der Waals surface area contributed by atoms with E-state index in [9.17, 15) is 4.79 Å². The van der Waals surface area contributed by atoms with Crippen LogP contribution in [0.5, 0.6) is 5.75 Å². The van der Waals surface area contributed by atoms with E-state index >= 15 is 0 Å². The van der Waals surface area contributed by atoms with Crippen molar-refractivity contribution >= 4 is 17.1 Å². The Morgan fingerprint density at radius 2 is 1.85 bits per heavy atom. The van der Waals surface area contributed by atoms with Crippen molar-refractivity contribution in [2.45, 2.75) is 4.90 Å². The van der Waals surface area contributed by atoms with E-state index < -0.39 is 0 Å². The number of carbonyl (C=O) groups excluding carboxylic acids is 1. The van der Waals surface area contributed by atoms with Gasteiger partial charge in [0, 0.05) is 4.90 Å².